The minimum atomic E-state index is 0. The quantitative estimate of drug-likeness (QED) is 0.395. The zero-order valence-electron chi connectivity index (χ0n) is 3.01. The molecular weight excluding hydrogens is 196 g/mol. The molecule has 0 unspecified atom stereocenters. The van der Waals surface area contributed by atoms with Gasteiger partial charge in [-0.3, -0.25) is 0 Å². The minimum Gasteiger partial charge on any atom is -0.665 e. The Balaban J connectivity index is -0.0000000400. The summed E-state index contributed by atoms with van der Waals surface area (Å²) in [6.45, 7) is 1.00. The Morgan fingerprint density at radius 2 is 1.00 bits per heavy atom. The van der Waals surface area contributed by atoms with E-state index >= 15 is 0 Å². The third-order valence-corrected chi connectivity index (χ3v) is 0. The Labute approximate surface area is 55.7 Å². The van der Waals surface area contributed by atoms with Crippen LogP contribution in [0.25, 0.3) is 0 Å². The van der Waals surface area contributed by atoms with E-state index in [-0.39, 0.29) is 22.4 Å². The first-order valence-electron chi connectivity index (χ1n) is 0.855. The Morgan fingerprint density at radius 1 is 1.00 bits per heavy atom. The van der Waals surface area contributed by atoms with Crippen molar-refractivity contribution in [1.29, 1.82) is 0 Å². The minimum absolute atomic E-state index is 0. The molecule has 0 aliphatic heterocycles. The van der Waals surface area contributed by atoms with E-state index in [1.807, 2.05) is 0 Å². The molecule has 0 spiro atoms. The van der Waals surface area contributed by atoms with Crippen LogP contribution in [0.5, 0.6) is 0 Å². The number of rotatable bonds is 0. The van der Waals surface area contributed by atoms with Gasteiger partial charge in [-0.2, -0.15) is 0 Å². The molecule has 0 aromatic heterocycles. The van der Waals surface area contributed by atoms with E-state index < -0.39 is 0 Å². The van der Waals surface area contributed by atoms with Gasteiger partial charge in [0, 0.05) is 22.4 Å². The summed E-state index contributed by atoms with van der Waals surface area (Å²) < 4.78 is 0. The molecule has 0 saturated heterocycles. The van der Waals surface area contributed by atoms with Crippen molar-refractivity contribution in [3.63, 3.8) is 0 Å². The number of aliphatic hydroxyl groups excluding tert-OH is 2. The molecule has 0 amide bonds. The van der Waals surface area contributed by atoms with Crippen molar-refractivity contribution in [2.75, 3.05) is 0 Å². The Morgan fingerprint density at radius 3 is 1.00 bits per heavy atom. The van der Waals surface area contributed by atoms with Crippen LogP contribution < -0.4 is 0 Å². The third kappa shape index (κ3) is 753. The van der Waals surface area contributed by atoms with E-state index in [9.17, 15) is 0 Å². The van der Waals surface area contributed by atoms with Gasteiger partial charge in [0.15, 0.2) is 0 Å². The van der Waals surface area contributed by atoms with Gasteiger partial charge in [0.2, 0.25) is 0 Å². The molecular formula is C2H2AgO4-2. The molecule has 47 valence electrons. The van der Waals surface area contributed by atoms with Gasteiger partial charge in [0.25, 0.3) is 0 Å². The monoisotopic (exact) mass is 197 g/mol. The first kappa shape index (κ1) is 15.9. The summed E-state index contributed by atoms with van der Waals surface area (Å²) >= 11 is 0. The first-order valence-corrected chi connectivity index (χ1v) is 0.855. The van der Waals surface area contributed by atoms with E-state index in [0.29, 0.717) is 12.9 Å². The molecule has 5 heteroatoms. The van der Waals surface area contributed by atoms with Gasteiger partial charge in [0.1, 0.15) is 0 Å². The summed E-state index contributed by atoms with van der Waals surface area (Å²) in [4.78, 5) is 16.5. The van der Waals surface area contributed by atoms with Crippen LogP contribution in [0.3, 0.4) is 0 Å². The predicted molar refractivity (Wildman–Crippen MR) is 16.6 cm³/mol. The fraction of sp³-hybridized carbons (Fsp3) is 0. The van der Waals surface area contributed by atoms with Crippen LogP contribution in [0.1, 0.15) is 0 Å². The normalized spacial score (nSPS) is 3.43. The van der Waals surface area contributed by atoms with Crippen molar-refractivity contribution in [1.82, 2.24) is 0 Å². The molecule has 1 radical (unpaired) electrons. The molecule has 0 bridgehead atoms. The second-order valence-corrected chi connectivity index (χ2v) is 0.183. The molecule has 0 atom stereocenters. The smallest absolute Gasteiger partial charge is 0 e. The zero-order chi connectivity index (χ0) is 5.41. The standard InChI is InChI=1S/2CHO2.Ag/c2*2-1-3;/h2*(H,2,3);/q2*-1;. The number of hydrogen-bond acceptors (Lipinski definition) is 2. The molecule has 0 aliphatic carbocycles. The van der Waals surface area contributed by atoms with Gasteiger partial charge in [-0.05, 0) is 0 Å². The van der Waals surface area contributed by atoms with Crippen molar-refractivity contribution in [3.05, 3.63) is 0 Å². The van der Waals surface area contributed by atoms with Crippen LogP contribution in [-0.2, 0) is 32.0 Å². The maximum absolute atomic E-state index is 8.24. The molecule has 0 fully saturated rings. The van der Waals surface area contributed by atoms with Crippen molar-refractivity contribution >= 4 is 12.9 Å². The van der Waals surface area contributed by atoms with Gasteiger partial charge in [-0.15, -0.1) is 0 Å². The molecule has 0 aliphatic rings. The molecule has 0 aromatic rings. The van der Waals surface area contributed by atoms with Crippen LogP contribution in [0.15, 0.2) is 0 Å². The Hall–Kier alpha value is -0.320. The summed E-state index contributed by atoms with van der Waals surface area (Å²) in [5.74, 6) is 0. The molecule has 0 heterocycles. The fourth-order valence-corrected chi connectivity index (χ4v) is 0. The summed E-state index contributed by atoms with van der Waals surface area (Å²) in [6, 6.07) is 0. The summed E-state index contributed by atoms with van der Waals surface area (Å²) in [5, 5.41) is 13.5. The van der Waals surface area contributed by atoms with E-state index in [1.165, 1.54) is 0 Å². The Kier molecular flexibility index (Phi) is 100. The van der Waals surface area contributed by atoms with Gasteiger partial charge in [-0.25, -0.2) is 0 Å². The largest absolute Gasteiger partial charge is 0.665 e. The second-order valence-electron chi connectivity index (χ2n) is 0.183. The maximum atomic E-state index is 8.24. The van der Waals surface area contributed by atoms with Gasteiger partial charge >= 0.3 is 0 Å². The summed E-state index contributed by atoms with van der Waals surface area (Å²) in [7, 11) is 0. The third-order valence-electron chi connectivity index (χ3n) is 0. The van der Waals surface area contributed by atoms with Crippen molar-refractivity contribution < 1.29 is 42.2 Å². The maximum Gasteiger partial charge on any atom is 0 e. The molecule has 2 N–H and O–H groups in total. The first-order chi connectivity index (χ1) is 2.83. The van der Waals surface area contributed by atoms with Gasteiger partial charge in [0.05, 0.1) is 0 Å². The van der Waals surface area contributed by atoms with Crippen LogP contribution in [0, 0.1) is 0 Å². The summed E-state index contributed by atoms with van der Waals surface area (Å²) in [5.41, 5.74) is 0. The van der Waals surface area contributed by atoms with Crippen molar-refractivity contribution in [2.24, 2.45) is 0 Å². The molecule has 0 aromatic carbocycles. The summed E-state index contributed by atoms with van der Waals surface area (Å²) in [6.07, 6.45) is 0. The van der Waals surface area contributed by atoms with E-state index in [0.717, 1.165) is 0 Å². The molecule has 7 heavy (non-hydrogen) atoms. The zero-order valence-corrected chi connectivity index (χ0v) is 4.49. The molecule has 4 nitrogen and oxygen atoms in total. The van der Waals surface area contributed by atoms with Crippen molar-refractivity contribution in [2.45, 2.75) is 0 Å². The average molecular weight is 198 g/mol. The van der Waals surface area contributed by atoms with Crippen molar-refractivity contribution in [3.8, 4) is 0 Å². The van der Waals surface area contributed by atoms with Gasteiger partial charge < -0.3 is 19.8 Å². The Bertz CT molecular complexity index is 30.7. The van der Waals surface area contributed by atoms with E-state index in [2.05, 4.69) is 0 Å². The second kappa shape index (κ2) is 44.1. The van der Waals surface area contributed by atoms with Crippen LogP contribution in [0.4, 0.5) is 0 Å². The SMILES string of the molecule is O=[C-]O.O=[C-]O.[Ag]. The average Bonchev–Trinajstić information content (AvgIpc) is 1.39. The fourth-order valence-electron chi connectivity index (χ4n) is 0. The number of hydrogen-bond donors (Lipinski definition) is 2. The van der Waals surface area contributed by atoms with Gasteiger partial charge in [-0.1, -0.05) is 12.9 Å². The van der Waals surface area contributed by atoms with E-state index in [4.69, 9.17) is 19.8 Å². The molecule has 0 rings (SSSR count). The van der Waals surface area contributed by atoms with Crippen LogP contribution >= 0.6 is 0 Å². The van der Waals surface area contributed by atoms with Crippen LogP contribution in [0.2, 0.25) is 0 Å². The van der Waals surface area contributed by atoms with E-state index in [1.54, 1.807) is 0 Å². The predicted octanol–water partition coefficient (Wildman–Crippen LogP) is -0.779. The topological polar surface area (TPSA) is 74.6 Å². The van der Waals surface area contributed by atoms with Crippen LogP contribution in [-0.4, -0.2) is 23.2 Å². The molecule has 0 saturated carbocycles.